The summed E-state index contributed by atoms with van der Waals surface area (Å²) in [5.41, 5.74) is -0.233. The molecule has 1 fully saturated rings. The summed E-state index contributed by atoms with van der Waals surface area (Å²) in [6.45, 7) is 5.69. The molecule has 0 aromatic carbocycles. The van der Waals surface area contributed by atoms with Crippen LogP contribution >= 0.6 is 10.7 Å². The molecule has 0 bridgehead atoms. The molecule has 0 amide bonds. The monoisotopic (exact) mass is 324 g/mol. The lowest BCUT2D eigenvalue weighted by molar-refractivity contribution is 0.0338. The van der Waals surface area contributed by atoms with E-state index in [0.717, 1.165) is 38.7 Å². The second-order valence-electron chi connectivity index (χ2n) is 6.32. The van der Waals surface area contributed by atoms with Crippen LogP contribution in [0.25, 0.3) is 0 Å². The highest BCUT2D eigenvalue weighted by molar-refractivity contribution is 8.13. The SMILES string of the molecule is CCCCC(CC)COCC1(CS(=O)(=O)Cl)CCCC1. The van der Waals surface area contributed by atoms with Gasteiger partial charge in [-0.15, -0.1) is 0 Å². The normalized spacial score (nSPS) is 20.1. The van der Waals surface area contributed by atoms with E-state index in [9.17, 15) is 8.42 Å². The Morgan fingerprint density at radius 1 is 1.25 bits per heavy atom. The zero-order valence-electron chi connectivity index (χ0n) is 12.9. The van der Waals surface area contributed by atoms with E-state index in [4.69, 9.17) is 15.4 Å². The summed E-state index contributed by atoms with van der Waals surface area (Å²) in [5, 5.41) is 0. The molecule has 1 saturated carbocycles. The fourth-order valence-corrected chi connectivity index (χ4v) is 4.96. The first kappa shape index (κ1) is 18.2. The maximum atomic E-state index is 11.4. The van der Waals surface area contributed by atoms with Crippen molar-refractivity contribution in [2.75, 3.05) is 19.0 Å². The van der Waals surface area contributed by atoms with E-state index in [0.29, 0.717) is 12.5 Å². The number of ether oxygens (including phenoxy) is 1. The predicted molar refractivity (Wildman–Crippen MR) is 84.7 cm³/mol. The Kier molecular flexibility index (Phi) is 7.84. The van der Waals surface area contributed by atoms with Gasteiger partial charge in [0.25, 0.3) is 0 Å². The first-order valence-corrected chi connectivity index (χ1v) is 10.4. The molecule has 1 aliphatic rings. The van der Waals surface area contributed by atoms with Crippen LogP contribution in [0.2, 0.25) is 0 Å². The minimum absolute atomic E-state index is 0.0628. The highest BCUT2D eigenvalue weighted by Crippen LogP contribution is 2.40. The van der Waals surface area contributed by atoms with Gasteiger partial charge in [-0.1, -0.05) is 46.0 Å². The zero-order valence-corrected chi connectivity index (χ0v) is 14.4. The van der Waals surface area contributed by atoms with Gasteiger partial charge in [-0.3, -0.25) is 0 Å². The molecule has 1 unspecified atom stereocenters. The van der Waals surface area contributed by atoms with Crippen LogP contribution in [-0.4, -0.2) is 27.4 Å². The smallest absolute Gasteiger partial charge is 0.233 e. The number of hydrogen-bond acceptors (Lipinski definition) is 3. The lowest BCUT2D eigenvalue weighted by Gasteiger charge is -2.28. The van der Waals surface area contributed by atoms with Crippen LogP contribution < -0.4 is 0 Å². The Hall–Kier alpha value is 0.200. The van der Waals surface area contributed by atoms with Crippen molar-refractivity contribution in [2.24, 2.45) is 11.3 Å². The second-order valence-corrected chi connectivity index (χ2v) is 9.10. The van der Waals surface area contributed by atoms with E-state index >= 15 is 0 Å². The Labute approximate surface area is 128 Å². The van der Waals surface area contributed by atoms with Crippen molar-refractivity contribution in [3.8, 4) is 0 Å². The standard InChI is InChI=1S/C15H29ClO3S/c1-3-5-8-14(4-2)11-19-12-15(9-6-7-10-15)13-20(16,17)18/h14H,3-13H2,1-2H3. The highest BCUT2D eigenvalue weighted by Gasteiger charge is 2.38. The number of halogens is 1. The van der Waals surface area contributed by atoms with Crippen LogP contribution in [0, 0.1) is 11.3 Å². The Morgan fingerprint density at radius 2 is 1.90 bits per heavy atom. The van der Waals surface area contributed by atoms with Crippen molar-refractivity contribution in [2.45, 2.75) is 65.2 Å². The van der Waals surface area contributed by atoms with Gasteiger partial charge in [-0.25, -0.2) is 8.42 Å². The van der Waals surface area contributed by atoms with Crippen LogP contribution in [-0.2, 0) is 13.8 Å². The highest BCUT2D eigenvalue weighted by atomic mass is 35.7. The molecule has 0 saturated heterocycles. The average molecular weight is 325 g/mol. The Balaban J connectivity index is 2.43. The van der Waals surface area contributed by atoms with Gasteiger partial charge in [0.15, 0.2) is 0 Å². The number of rotatable bonds is 10. The van der Waals surface area contributed by atoms with E-state index < -0.39 is 9.05 Å². The van der Waals surface area contributed by atoms with Crippen molar-refractivity contribution in [3.63, 3.8) is 0 Å². The molecule has 0 aromatic rings. The topological polar surface area (TPSA) is 43.4 Å². The Bertz CT molecular complexity index is 361. The van der Waals surface area contributed by atoms with Gasteiger partial charge in [0, 0.05) is 22.7 Å². The van der Waals surface area contributed by atoms with Crippen LogP contribution in [0.1, 0.15) is 65.2 Å². The first-order chi connectivity index (χ1) is 9.41. The van der Waals surface area contributed by atoms with Gasteiger partial charge < -0.3 is 4.74 Å². The quantitative estimate of drug-likeness (QED) is 0.561. The molecule has 1 atom stereocenters. The largest absolute Gasteiger partial charge is 0.381 e. The minimum Gasteiger partial charge on any atom is -0.381 e. The summed E-state index contributed by atoms with van der Waals surface area (Å²) in [4.78, 5) is 0. The molecular weight excluding hydrogens is 296 g/mol. The molecule has 20 heavy (non-hydrogen) atoms. The van der Waals surface area contributed by atoms with Crippen LogP contribution in [0.3, 0.4) is 0 Å². The maximum Gasteiger partial charge on any atom is 0.233 e. The van der Waals surface area contributed by atoms with E-state index in [-0.39, 0.29) is 11.2 Å². The molecule has 0 radical (unpaired) electrons. The molecule has 120 valence electrons. The lowest BCUT2D eigenvalue weighted by Crippen LogP contribution is -2.31. The van der Waals surface area contributed by atoms with Crippen molar-refractivity contribution in [3.05, 3.63) is 0 Å². The summed E-state index contributed by atoms with van der Waals surface area (Å²) in [7, 11) is 2.01. The molecule has 0 N–H and O–H groups in total. The molecule has 1 rings (SSSR count). The van der Waals surface area contributed by atoms with Gasteiger partial charge >= 0.3 is 0 Å². The van der Waals surface area contributed by atoms with Gasteiger partial charge in [0.1, 0.15) is 0 Å². The number of hydrogen-bond donors (Lipinski definition) is 0. The molecule has 1 aliphatic carbocycles. The fraction of sp³-hybridized carbons (Fsp3) is 1.00. The molecule has 3 nitrogen and oxygen atoms in total. The summed E-state index contributed by atoms with van der Waals surface area (Å²) >= 11 is 0. The molecule has 0 aliphatic heterocycles. The second kappa shape index (κ2) is 8.60. The third-order valence-corrected chi connectivity index (χ3v) is 5.73. The van der Waals surface area contributed by atoms with Crippen molar-refractivity contribution in [1.82, 2.24) is 0 Å². The van der Waals surface area contributed by atoms with Crippen molar-refractivity contribution < 1.29 is 13.2 Å². The minimum atomic E-state index is -3.44. The third-order valence-electron chi connectivity index (χ3n) is 4.45. The summed E-state index contributed by atoms with van der Waals surface area (Å²) in [6.07, 6.45) is 8.80. The molecular formula is C15H29ClO3S. The van der Waals surface area contributed by atoms with E-state index in [1.807, 2.05) is 0 Å². The van der Waals surface area contributed by atoms with Gasteiger partial charge in [-0.05, 0) is 25.2 Å². The van der Waals surface area contributed by atoms with Crippen molar-refractivity contribution >= 4 is 19.7 Å². The van der Waals surface area contributed by atoms with Gasteiger partial charge in [-0.2, -0.15) is 0 Å². The van der Waals surface area contributed by atoms with Gasteiger partial charge in [0.2, 0.25) is 9.05 Å². The number of unbranched alkanes of at least 4 members (excludes halogenated alkanes) is 1. The fourth-order valence-electron chi connectivity index (χ4n) is 3.16. The van der Waals surface area contributed by atoms with Crippen LogP contribution in [0.5, 0.6) is 0 Å². The van der Waals surface area contributed by atoms with Gasteiger partial charge in [0.05, 0.1) is 12.4 Å². The van der Waals surface area contributed by atoms with E-state index in [1.165, 1.54) is 19.3 Å². The van der Waals surface area contributed by atoms with E-state index in [1.54, 1.807) is 0 Å². The summed E-state index contributed by atoms with van der Waals surface area (Å²) in [5.74, 6) is 0.661. The molecule has 0 aromatic heterocycles. The lowest BCUT2D eigenvalue weighted by atomic mass is 9.89. The third kappa shape index (κ3) is 6.77. The van der Waals surface area contributed by atoms with Crippen LogP contribution in [0.15, 0.2) is 0 Å². The predicted octanol–water partition coefficient (Wildman–Crippen LogP) is 4.35. The molecule has 0 spiro atoms. The first-order valence-electron chi connectivity index (χ1n) is 7.91. The molecule has 5 heteroatoms. The van der Waals surface area contributed by atoms with Crippen molar-refractivity contribution in [1.29, 1.82) is 0 Å². The maximum absolute atomic E-state index is 11.4. The van der Waals surface area contributed by atoms with E-state index in [2.05, 4.69) is 13.8 Å². The summed E-state index contributed by atoms with van der Waals surface area (Å²) < 4.78 is 28.7. The Morgan fingerprint density at radius 3 is 2.40 bits per heavy atom. The average Bonchev–Trinajstić information content (AvgIpc) is 2.80. The zero-order chi connectivity index (χ0) is 15.1. The van der Waals surface area contributed by atoms with Crippen LogP contribution in [0.4, 0.5) is 0 Å². The summed E-state index contributed by atoms with van der Waals surface area (Å²) in [6, 6.07) is 0. The molecule has 0 heterocycles.